The Hall–Kier alpha value is -2.26. The fraction of sp³-hybridized carbons (Fsp3) is 0.133. The van der Waals surface area contributed by atoms with Gasteiger partial charge in [-0.2, -0.15) is 0 Å². The number of hydrogen-bond donors (Lipinski definition) is 0. The summed E-state index contributed by atoms with van der Waals surface area (Å²) in [5, 5.41) is 12.6. The Bertz CT molecular complexity index is 996. The van der Waals surface area contributed by atoms with E-state index in [-0.39, 0.29) is 0 Å². The Kier molecular flexibility index (Phi) is 4.03. The van der Waals surface area contributed by atoms with Gasteiger partial charge in [0.2, 0.25) is 0 Å². The van der Waals surface area contributed by atoms with Crippen molar-refractivity contribution in [2.45, 2.75) is 10.9 Å². The van der Waals surface area contributed by atoms with Crippen molar-refractivity contribution in [3.63, 3.8) is 0 Å². The monoisotopic (exact) mass is 401 g/mol. The number of fused-ring (bicyclic) bond motifs is 1. The van der Waals surface area contributed by atoms with Crippen molar-refractivity contribution in [3.8, 4) is 5.95 Å². The van der Waals surface area contributed by atoms with E-state index < -0.39 is 0 Å². The second kappa shape index (κ2) is 6.33. The first-order valence-corrected chi connectivity index (χ1v) is 8.93. The highest BCUT2D eigenvalue weighted by molar-refractivity contribution is 9.10. The number of tetrazole rings is 1. The number of imidazole rings is 1. The van der Waals surface area contributed by atoms with Gasteiger partial charge in [0.1, 0.15) is 0 Å². The summed E-state index contributed by atoms with van der Waals surface area (Å²) < 4.78 is 4.58. The van der Waals surface area contributed by atoms with Crippen molar-refractivity contribution in [2.75, 3.05) is 0 Å². The summed E-state index contributed by atoms with van der Waals surface area (Å²) in [6.45, 7) is 0. The molecule has 0 N–H and O–H groups in total. The van der Waals surface area contributed by atoms with Crippen molar-refractivity contribution in [3.05, 3.63) is 52.8 Å². The topological polar surface area (TPSA) is 74.3 Å². The molecule has 0 aliphatic carbocycles. The lowest BCUT2D eigenvalue weighted by Crippen LogP contribution is -2.05. The first-order valence-electron chi connectivity index (χ1n) is 7.16. The van der Waals surface area contributed by atoms with Crippen LogP contribution in [-0.4, -0.2) is 34.7 Å². The van der Waals surface area contributed by atoms with E-state index in [4.69, 9.17) is 4.98 Å². The fourth-order valence-corrected chi connectivity index (χ4v) is 3.62. The van der Waals surface area contributed by atoms with E-state index in [0.717, 1.165) is 32.1 Å². The fourth-order valence-electron chi connectivity index (χ4n) is 2.35. The molecular weight excluding hydrogens is 390 g/mol. The predicted molar refractivity (Wildman–Crippen MR) is 94.9 cm³/mol. The zero-order valence-electron chi connectivity index (χ0n) is 12.7. The summed E-state index contributed by atoms with van der Waals surface area (Å²) in [5.74, 6) is 1.34. The Morgan fingerprint density at radius 1 is 1.21 bits per heavy atom. The smallest absolute Gasteiger partial charge is 0.256 e. The SMILES string of the molecule is Cn1nnnc1-n1c(SCc2ccccn2)nc2ccc(Br)cc21. The van der Waals surface area contributed by atoms with Crippen molar-refractivity contribution < 1.29 is 0 Å². The largest absolute Gasteiger partial charge is 0.260 e. The number of nitrogens with zero attached hydrogens (tertiary/aromatic N) is 7. The number of aryl methyl sites for hydroxylation is 1. The minimum Gasteiger partial charge on any atom is -0.260 e. The van der Waals surface area contributed by atoms with Crippen LogP contribution < -0.4 is 0 Å². The number of halogens is 1. The summed E-state index contributed by atoms with van der Waals surface area (Å²) in [4.78, 5) is 9.10. The standard InChI is InChI=1S/C15H12BrN7S/c1-22-14(19-20-21-22)23-13-8-10(16)5-6-12(13)18-15(23)24-9-11-4-2-3-7-17-11/h2-8H,9H2,1H3. The van der Waals surface area contributed by atoms with Gasteiger partial charge in [0.15, 0.2) is 5.16 Å². The minimum atomic E-state index is 0.624. The van der Waals surface area contributed by atoms with Crippen LogP contribution in [0.1, 0.15) is 5.69 Å². The van der Waals surface area contributed by atoms with Gasteiger partial charge in [0.25, 0.3) is 5.95 Å². The molecule has 9 heteroatoms. The summed E-state index contributed by atoms with van der Waals surface area (Å²) in [6.07, 6.45) is 1.79. The Labute approximate surface area is 150 Å². The van der Waals surface area contributed by atoms with Crippen LogP contribution in [-0.2, 0) is 12.8 Å². The highest BCUT2D eigenvalue weighted by Crippen LogP contribution is 2.30. The molecule has 0 saturated carbocycles. The second-order valence-corrected chi connectivity index (χ2v) is 6.93. The van der Waals surface area contributed by atoms with Gasteiger partial charge in [-0.1, -0.05) is 38.9 Å². The van der Waals surface area contributed by atoms with E-state index in [2.05, 4.69) is 36.4 Å². The number of benzene rings is 1. The molecule has 120 valence electrons. The summed E-state index contributed by atoms with van der Waals surface area (Å²) in [5.41, 5.74) is 2.84. The van der Waals surface area contributed by atoms with Crippen molar-refractivity contribution in [2.24, 2.45) is 7.05 Å². The van der Waals surface area contributed by atoms with E-state index in [0.29, 0.717) is 5.95 Å². The average Bonchev–Trinajstić information content (AvgIpc) is 3.16. The molecule has 0 amide bonds. The maximum absolute atomic E-state index is 4.73. The van der Waals surface area contributed by atoms with Gasteiger partial charge < -0.3 is 0 Å². The number of pyridine rings is 1. The van der Waals surface area contributed by atoms with Gasteiger partial charge in [-0.15, -0.1) is 0 Å². The van der Waals surface area contributed by atoms with Crippen LogP contribution in [0.5, 0.6) is 0 Å². The van der Waals surface area contributed by atoms with Crippen molar-refractivity contribution in [1.82, 2.24) is 34.7 Å². The maximum Gasteiger partial charge on any atom is 0.256 e. The third-order valence-corrected chi connectivity index (χ3v) is 4.92. The van der Waals surface area contributed by atoms with Crippen LogP contribution in [0.2, 0.25) is 0 Å². The molecule has 4 rings (SSSR count). The summed E-state index contributed by atoms with van der Waals surface area (Å²) >= 11 is 5.12. The zero-order valence-corrected chi connectivity index (χ0v) is 15.1. The highest BCUT2D eigenvalue weighted by atomic mass is 79.9. The highest BCUT2D eigenvalue weighted by Gasteiger charge is 2.17. The van der Waals surface area contributed by atoms with Crippen molar-refractivity contribution >= 4 is 38.7 Å². The van der Waals surface area contributed by atoms with Gasteiger partial charge >= 0.3 is 0 Å². The lowest BCUT2D eigenvalue weighted by atomic mass is 10.3. The molecule has 1 aromatic carbocycles. The molecule has 0 fully saturated rings. The van der Waals surface area contributed by atoms with Crippen LogP contribution in [0, 0.1) is 0 Å². The van der Waals surface area contributed by atoms with E-state index >= 15 is 0 Å². The molecule has 0 radical (unpaired) electrons. The lowest BCUT2D eigenvalue weighted by Gasteiger charge is -2.06. The van der Waals surface area contributed by atoms with Gasteiger partial charge in [0.05, 0.1) is 16.7 Å². The molecule has 7 nitrogen and oxygen atoms in total. The summed E-state index contributed by atoms with van der Waals surface area (Å²) in [7, 11) is 1.81. The maximum atomic E-state index is 4.73. The molecule has 24 heavy (non-hydrogen) atoms. The number of hydrogen-bond acceptors (Lipinski definition) is 6. The normalized spacial score (nSPS) is 11.2. The Balaban J connectivity index is 1.81. The first-order chi connectivity index (χ1) is 11.7. The lowest BCUT2D eigenvalue weighted by molar-refractivity contribution is 0.682. The average molecular weight is 402 g/mol. The van der Waals surface area contributed by atoms with Crippen LogP contribution in [0.25, 0.3) is 17.0 Å². The molecule has 0 atom stereocenters. The number of rotatable bonds is 4. The Morgan fingerprint density at radius 2 is 2.12 bits per heavy atom. The third-order valence-electron chi connectivity index (χ3n) is 3.46. The molecule has 0 unspecified atom stereocenters. The Morgan fingerprint density at radius 3 is 2.88 bits per heavy atom. The molecule has 0 spiro atoms. The first kappa shape index (κ1) is 15.3. The summed E-state index contributed by atoms with van der Waals surface area (Å²) in [6, 6.07) is 11.9. The molecular formula is C15H12BrN7S. The quantitative estimate of drug-likeness (QED) is 0.489. The molecule has 0 aliphatic rings. The van der Waals surface area contributed by atoms with Gasteiger partial charge in [-0.25, -0.2) is 9.67 Å². The van der Waals surface area contributed by atoms with Crippen LogP contribution >= 0.6 is 27.7 Å². The van der Waals surface area contributed by atoms with Gasteiger partial charge in [0, 0.05) is 23.5 Å². The van der Waals surface area contributed by atoms with E-state index in [1.54, 1.807) is 22.6 Å². The van der Waals surface area contributed by atoms with E-state index in [1.807, 2.05) is 48.0 Å². The predicted octanol–water partition coefficient (Wildman–Crippen LogP) is 3.00. The molecule has 0 bridgehead atoms. The molecule has 3 heterocycles. The van der Waals surface area contributed by atoms with Crippen LogP contribution in [0.15, 0.2) is 52.2 Å². The number of thioether (sulfide) groups is 1. The molecule has 4 aromatic rings. The minimum absolute atomic E-state index is 0.624. The van der Waals surface area contributed by atoms with Gasteiger partial charge in [-0.3, -0.25) is 9.55 Å². The number of aromatic nitrogens is 7. The van der Waals surface area contributed by atoms with Gasteiger partial charge in [-0.05, 0) is 40.8 Å². The third kappa shape index (κ3) is 2.80. The van der Waals surface area contributed by atoms with Crippen LogP contribution in [0.3, 0.4) is 0 Å². The van der Waals surface area contributed by atoms with E-state index in [9.17, 15) is 0 Å². The van der Waals surface area contributed by atoms with Crippen molar-refractivity contribution in [1.29, 1.82) is 0 Å². The second-order valence-electron chi connectivity index (χ2n) is 5.08. The zero-order chi connectivity index (χ0) is 16.5. The van der Waals surface area contributed by atoms with E-state index in [1.165, 1.54) is 0 Å². The molecule has 0 aliphatic heterocycles. The van der Waals surface area contributed by atoms with Crippen LogP contribution in [0.4, 0.5) is 0 Å². The molecule has 0 saturated heterocycles. The molecule has 3 aromatic heterocycles.